The molecule has 3 heteroatoms. The lowest BCUT2D eigenvalue weighted by Gasteiger charge is -2.09. The Balaban J connectivity index is 2.17. The molecule has 0 aromatic rings. The largest absolute Gasteiger partial charge is 0.369 e. The highest BCUT2D eigenvalue weighted by molar-refractivity contribution is 14.1. The summed E-state index contributed by atoms with van der Waals surface area (Å²) in [6.07, 6.45) is 3.97. The van der Waals surface area contributed by atoms with Crippen LogP contribution in [-0.4, -0.2) is 9.78 Å². The van der Waals surface area contributed by atoms with Crippen molar-refractivity contribution < 1.29 is 0 Å². The fourth-order valence-electron chi connectivity index (χ4n) is 1.60. The fraction of sp³-hybridized carbons (Fsp3) is 0.750. The molecule has 2 rings (SSSR count). The Morgan fingerprint density at radius 1 is 1.64 bits per heavy atom. The van der Waals surface area contributed by atoms with Crippen LogP contribution < -0.4 is 5.32 Å². The molecule has 0 unspecified atom stereocenters. The maximum Gasteiger partial charge on any atom is 0.0967 e. The summed E-state index contributed by atoms with van der Waals surface area (Å²) < 4.78 is 2.30. The summed E-state index contributed by atoms with van der Waals surface area (Å²) in [5, 5.41) is 3.47. The Morgan fingerprint density at radius 3 is 2.91 bits per heavy atom. The van der Waals surface area contributed by atoms with Crippen molar-refractivity contribution in [2.24, 2.45) is 5.92 Å². The first kappa shape index (κ1) is 7.71. The number of hydrogen-bond donors (Lipinski definition) is 1. The van der Waals surface area contributed by atoms with Gasteiger partial charge in [0.1, 0.15) is 0 Å². The van der Waals surface area contributed by atoms with Gasteiger partial charge in [0.2, 0.25) is 0 Å². The van der Waals surface area contributed by atoms with Crippen molar-refractivity contribution in [1.82, 2.24) is 8.43 Å². The highest BCUT2D eigenvalue weighted by atomic mass is 127. The topological polar surface area (TPSA) is 15.3 Å². The second kappa shape index (κ2) is 2.84. The minimum atomic E-state index is 0.879. The second-order valence-corrected chi connectivity index (χ2v) is 4.35. The zero-order valence-electron chi connectivity index (χ0n) is 6.73. The molecule has 0 aromatic carbocycles. The number of nitrogens with zero attached hydrogens (tertiary/aromatic N) is 1. The van der Waals surface area contributed by atoms with E-state index in [2.05, 4.69) is 38.2 Å². The van der Waals surface area contributed by atoms with Crippen molar-refractivity contribution in [3.05, 3.63) is 11.4 Å². The number of allylic oxidation sites excluding steroid dienone is 2. The monoisotopic (exact) mass is 264 g/mol. The zero-order chi connectivity index (χ0) is 7.84. The summed E-state index contributed by atoms with van der Waals surface area (Å²) >= 11 is 2.38. The minimum Gasteiger partial charge on any atom is -0.369 e. The van der Waals surface area contributed by atoms with E-state index in [1.807, 2.05) is 0 Å². The van der Waals surface area contributed by atoms with E-state index in [1.54, 1.807) is 0 Å². The van der Waals surface area contributed by atoms with Gasteiger partial charge in [-0.15, -0.1) is 0 Å². The van der Waals surface area contributed by atoms with E-state index >= 15 is 0 Å². The van der Waals surface area contributed by atoms with Crippen LogP contribution in [0.15, 0.2) is 11.4 Å². The maximum atomic E-state index is 3.47. The number of halogens is 1. The highest BCUT2D eigenvalue weighted by Gasteiger charge is 2.32. The normalized spacial score (nSPS) is 24.4. The molecule has 1 aliphatic heterocycles. The van der Waals surface area contributed by atoms with Gasteiger partial charge in [-0.25, -0.2) is 0 Å². The summed E-state index contributed by atoms with van der Waals surface area (Å²) in [7, 11) is 0. The van der Waals surface area contributed by atoms with E-state index in [0.29, 0.717) is 0 Å². The van der Waals surface area contributed by atoms with Gasteiger partial charge in [0, 0.05) is 17.3 Å². The Hall–Kier alpha value is 0.0700. The first-order valence-electron chi connectivity index (χ1n) is 4.23. The SMILES string of the molecule is CCC1=C(C2CC2)NCN1I. The minimum absolute atomic E-state index is 0.879. The summed E-state index contributed by atoms with van der Waals surface area (Å²) in [5.74, 6) is 0.879. The molecule has 2 aliphatic rings. The highest BCUT2D eigenvalue weighted by Crippen LogP contribution is 2.40. The fourth-order valence-corrected chi connectivity index (χ4v) is 2.37. The van der Waals surface area contributed by atoms with Gasteiger partial charge in [-0.2, -0.15) is 0 Å². The maximum absolute atomic E-state index is 3.47. The Labute approximate surface area is 81.5 Å². The molecule has 0 atom stereocenters. The number of hydrogen-bond acceptors (Lipinski definition) is 2. The van der Waals surface area contributed by atoms with E-state index < -0.39 is 0 Å². The van der Waals surface area contributed by atoms with Crippen LogP contribution >= 0.6 is 22.9 Å². The first-order valence-corrected chi connectivity index (χ1v) is 5.19. The van der Waals surface area contributed by atoms with Crippen LogP contribution in [0.1, 0.15) is 26.2 Å². The molecule has 11 heavy (non-hydrogen) atoms. The van der Waals surface area contributed by atoms with Crippen LogP contribution in [0.2, 0.25) is 0 Å². The molecule has 1 saturated carbocycles. The molecule has 1 heterocycles. The molecule has 0 bridgehead atoms. The molecule has 2 nitrogen and oxygen atoms in total. The quantitative estimate of drug-likeness (QED) is 0.607. The molecule has 1 N–H and O–H groups in total. The van der Waals surface area contributed by atoms with Crippen molar-refractivity contribution in [2.75, 3.05) is 6.67 Å². The zero-order valence-corrected chi connectivity index (χ0v) is 8.89. The third-order valence-electron chi connectivity index (χ3n) is 2.33. The molecule has 1 fully saturated rings. The Kier molecular flexibility index (Phi) is 1.99. The van der Waals surface area contributed by atoms with Gasteiger partial charge in [-0.3, -0.25) is 3.11 Å². The molecule has 62 valence electrons. The van der Waals surface area contributed by atoms with Crippen molar-refractivity contribution >= 4 is 22.9 Å². The summed E-state index contributed by atoms with van der Waals surface area (Å²) in [4.78, 5) is 0. The van der Waals surface area contributed by atoms with Crippen molar-refractivity contribution in [3.8, 4) is 0 Å². The van der Waals surface area contributed by atoms with Crippen molar-refractivity contribution in [3.63, 3.8) is 0 Å². The molecule has 0 aromatic heterocycles. The lowest BCUT2D eigenvalue weighted by atomic mass is 10.2. The summed E-state index contributed by atoms with van der Waals surface area (Å²) in [5.41, 5.74) is 3.05. The van der Waals surface area contributed by atoms with Gasteiger partial charge in [0.05, 0.1) is 29.5 Å². The predicted octanol–water partition coefficient (Wildman–Crippen LogP) is 2.23. The average Bonchev–Trinajstić information content (AvgIpc) is 2.76. The molecular weight excluding hydrogens is 251 g/mol. The predicted molar refractivity (Wildman–Crippen MR) is 53.9 cm³/mol. The molecular formula is C8H13IN2. The van der Waals surface area contributed by atoms with Crippen LogP contribution in [0.25, 0.3) is 0 Å². The van der Waals surface area contributed by atoms with Crippen LogP contribution in [0.3, 0.4) is 0 Å². The van der Waals surface area contributed by atoms with Gasteiger partial charge in [0.25, 0.3) is 0 Å². The lowest BCUT2D eigenvalue weighted by molar-refractivity contribution is 0.619. The first-order chi connectivity index (χ1) is 5.33. The van der Waals surface area contributed by atoms with Crippen molar-refractivity contribution in [2.45, 2.75) is 26.2 Å². The van der Waals surface area contributed by atoms with E-state index in [1.165, 1.54) is 30.7 Å². The lowest BCUT2D eigenvalue weighted by Crippen LogP contribution is -2.14. The van der Waals surface area contributed by atoms with Crippen molar-refractivity contribution in [1.29, 1.82) is 0 Å². The van der Waals surface area contributed by atoms with E-state index in [4.69, 9.17) is 0 Å². The number of rotatable bonds is 2. The Morgan fingerprint density at radius 2 is 2.36 bits per heavy atom. The summed E-state index contributed by atoms with van der Waals surface area (Å²) in [6.45, 7) is 3.24. The van der Waals surface area contributed by atoms with Crippen LogP contribution in [0.4, 0.5) is 0 Å². The van der Waals surface area contributed by atoms with E-state index in [-0.39, 0.29) is 0 Å². The van der Waals surface area contributed by atoms with Gasteiger partial charge in [-0.1, -0.05) is 6.92 Å². The third-order valence-corrected chi connectivity index (χ3v) is 3.26. The van der Waals surface area contributed by atoms with Gasteiger partial charge in [0.15, 0.2) is 0 Å². The molecule has 0 saturated heterocycles. The third kappa shape index (κ3) is 1.35. The van der Waals surface area contributed by atoms with Gasteiger partial charge in [-0.05, 0) is 19.3 Å². The number of nitrogens with one attached hydrogen (secondary N) is 1. The molecule has 0 radical (unpaired) electrons. The molecule has 0 amide bonds. The van der Waals surface area contributed by atoms with E-state index in [0.717, 1.165) is 12.6 Å². The molecule has 1 aliphatic carbocycles. The standard InChI is InChI=1S/C8H13IN2/c1-2-7-8(6-3-4-6)10-5-11(7)9/h6,10H,2-5H2,1H3. The summed E-state index contributed by atoms with van der Waals surface area (Å²) in [6, 6.07) is 0. The molecule has 0 spiro atoms. The second-order valence-electron chi connectivity index (χ2n) is 3.19. The average molecular weight is 264 g/mol. The van der Waals surface area contributed by atoms with Gasteiger partial charge >= 0.3 is 0 Å². The smallest absolute Gasteiger partial charge is 0.0967 e. The van der Waals surface area contributed by atoms with Crippen LogP contribution in [0, 0.1) is 5.92 Å². The Bertz CT molecular complexity index is 196. The van der Waals surface area contributed by atoms with E-state index in [9.17, 15) is 0 Å². The van der Waals surface area contributed by atoms with Crippen LogP contribution in [-0.2, 0) is 0 Å². The van der Waals surface area contributed by atoms with Crippen LogP contribution in [0.5, 0.6) is 0 Å². The van der Waals surface area contributed by atoms with Gasteiger partial charge < -0.3 is 5.32 Å².